The monoisotopic (exact) mass is 192 g/mol. The first-order valence-corrected chi connectivity index (χ1v) is 4.71. The zero-order chi connectivity index (χ0) is 9.97. The van der Waals surface area contributed by atoms with E-state index >= 15 is 0 Å². The minimum Gasteiger partial charge on any atom is -0.399 e. The molecule has 0 unspecified atom stereocenters. The third kappa shape index (κ3) is 1.87. The van der Waals surface area contributed by atoms with Gasteiger partial charge in [-0.2, -0.15) is 0 Å². The van der Waals surface area contributed by atoms with Gasteiger partial charge < -0.3 is 10.6 Å². The Morgan fingerprint density at radius 1 is 1.36 bits per heavy atom. The van der Waals surface area contributed by atoms with Crippen LogP contribution in [0.5, 0.6) is 0 Å². The lowest BCUT2D eigenvalue weighted by Gasteiger charge is -2.26. The first-order chi connectivity index (χ1) is 6.75. The Labute approximate surface area is 82.8 Å². The minimum atomic E-state index is -0.0568. The van der Waals surface area contributed by atoms with Crippen LogP contribution in [0.1, 0.15) is 6.42 Å². The van der Waals surface area contributed by atoms with E-state index in [-0.39, 0.29) is 5.83 Å². The largest absolute Gasteiger partial charge is 0.399 e. The zero-order valence-electron chi connectivity index (χ0n) is 7.91. The van der Waals surface area contributed by atoms with Gasteiger partial charge in [0.15, 0.2) is 0 Å². The molecule has 1 aliphatic heterocycles. The van der Waals surface area contributed by atoms with Gasteiger partial charge in [0, 0.05) is 17.9 Å². The van der Waals surface area contributed by atoms with E-state index in [1.54, 1.807) is 6.08 Å². The molecule has 2 rings (SSSR count). The molecule has 1 heterocycles. The lowest BCUT2D eigenvalue weighted by molar-refractivity contribution is 0.575. The molecule has 0 radical (unpaired) electrons. The molecule has 1 aliphatic rings. The molecular formula is C11H13FN2. The van der Waals surface area contributed by atoms with Crippen LogP contribution in [0.2, 0.25) is 0 Å². The fraction of sp³-hybridized carbons (Fsp3) is 0.273. The van der Waals surface area contributed by atoms with Gasteiger partial charge >= 0.3 is 0 Å². The number of hydrogen-bond donors (Lipinski definition) is 1. The zero-order valence-corrected chi connectivity index (χ0v) is 7.91. The summed E-state index contributed by atoms with van der Waals surface area (Å²) in [7, 11) is 0. The van der Waals surface area contributed by atoms with E-state index in [4.69, 9.17) is 5.73 Å². The summed E-state index contributed by atoms with van der Waals surface area (Å²) in [5.74, 6) is -0.0568. The molecule has 0 aromatic heterocycles. The third-order valence-electron chi connectivity index (χ3n) is 2.34. The highest BCUT2D eigenvalue weighted by atomic mass is 19.1. The van der Waals surface area contributed by atoms with Gasteiger partial charge in [0.1, 0.15) is 5.83 Å². The lowest BCUT2D eigenvalue weighted by Crippen LogP contribution is -2.28. The Hall–Kier alpha value is -1.51. The molecule has 1 aromatic rings. The van der Waals surface area contributed by atoms with Crippen LogP contribution in [0.25, 0.3) is 0 Å². The van der Waals surface area contributed by atoms with Crippen molar-refractivity contribution < 1.29 is 4.39 Å². The average molecular weight is 192 g/mol. The third-order valence-corrected chi connectivity index (χ3v) is 2.34. The Balaban J connectivity index is 2.19. The molecule has 2 nitrogen and oxygen atoms in total. The van der Waals surface area contributed by atoms with Crippen LogP contribution >= 0.6 is 0 Å². The second kappa shape index (κ2) is 3.70. The van der Waals surface area contributed by atoms with Crippen molar-refractivity contribution in [2.75, 3.05) is 23.7 Å². The summed E-state index contributed by atoms with van der Waals surface area (Å²) < 4.78 is 13.0. The van der Waals surface area contributed by atoms with Crippen molar-refractivity contribution in [3.63, 3.8) is 0 Å². The number of anilines is 2. The van der Waals surface area contributed by atoms with Gasteiger partial charge in [0.2, 0.25) is 0 Å². The molecule has 3 heteroatoms. The maximum Gasteiger partial charge on any atom is 0.115 e. The summed E-state index contributed by atoms with van der Waals surface area (Å²) in [6, 6.07) is 7.55. The van der Waals surface area contributed by atoms with Gasteiger partial charge in [-0.25, -0.2) is 4.39 Å². The number of nitrogen functional groups attached to an aromatic ring is 1. The van der Waals surface area contributed by atoms with Crippen LogP contribution in [0.3, 0.4) is 0 Å². The molecule has 0 atom stereocenters. The highest BCUT2D eigenvalue weighted by molar-refractivity contribution is 5.56. The van der Waals surface area contributed by atoms with Crippen molar-refractivity contribution in [3.8, 4) is 0 Å². The standard InChI is InChI=1S/C11H13FN2/c12-9-3-2-6-14(8-9)11-5-1-4-10(13)7-11/h1,3-5,7H,2,6,8,13H2. The van der Waals surface area contributed by atoms with Gasteiger partial charge in [-0.1, -0.05) is 6.07 Å². The average Bonchev–Trinajstić information content (AvgIpc) is 2.18. The van der Waals surface area contributed by atoms with Crippen molar-refractivity contribution in [2.45, 2.75) is 6.42 Å². The number of hydrogen-bond acceptors (Lipinski definition) is 2. The van der Waals surface area contributed by atoms with Gasteiger partial charge in [-0.15, -0.1) is 0 Å². The predicted molar refractivity (Wildman–Crippen MR) is 56.9 cm³/mol. The van der Waals surface area contributed by atoms with Crippen LogP contribution < -0.4 is 10.6 Å². The highest BCUT2D eigenvalue weighted by Gasteiger charge is 2.12. The lowest BCUT2D eigenvalue weighted by atomic mass is 10.2. The maximum atomic E-state index is 13.0. The van der Waals surface area contributed by atoms with Gasteiger partial charge in [-0.3, -0.25) is 0 Å². The number of nitrogens with zero attached hydrogens (tertiary/aromatic N) is 1. The quantitative estimate of drug-likeness (QED) is 0.692. The van der Waals surface area contributed by atoms with E-state index in [9.17, 15) is 4.39 Å². The molecule has 0 amide bonds. The van der Waals surface area contributed by atoms with E-state index in [2.05, 4.69) is 0 Å². The molecule has 0 saturated carbocycles. The second-order valence-electron chi connectivity index (χ2n) is 3.46. The van der Waals surface area contributed by atoms with Crippen molar-refractivity contribution in [3.05, 3.63) is 36.2 Å². The summed E-state index contributed by atoms with van der Waals surface area (Å²) in [5.41, 5.74) is 7.38. The second-order valence-corrected chi connectivity index (χ2v) is 3.46. The van der Waals surface area contributed by atoms with E-state index in [1.807, 2.05) is 29.2 Å². The van der Waals surface area contributed by atoms with Gasteiger partial charge in [0.05, 0.1) is 6.54 Å². The Bertz CT molecular complexity index is 360. The first-order valence-electron chi connectivity index (χ1n) is 4.71. The SMILES string of the molecule is Nc1cccc(N2CCC=C(F)C2)c1. The summed E-state index contributed by atoms with van der Waals surface area (Å²) in [4.78, 5) is 1.99. The summed E-state index contributed by atoms with van der Waals surface area (Å²) >= 11 is 0. The van der Waals surface area contributed by atoms with Crippen molar-refractivity contribution in [1.29, 1.82) is 0 Å². The van der Waals surface area contributed by atoms with Crippen LogP contribution in [0, 0.1) is 0 Å². The van der Waals surface area contributed by atoms with Gasteiger partial charge in [0.25, 0.3) is 0 Å². The molecule has 74 valence electrons. The molecule has 1 aromatic carbocycles. The number of halogens is 1. The molecule has 2 N–H and O–H groups in total. The smallest absolute Gasteiger partial charge is 0.115 e. The van der Waals surface area contributed by atoms with Crippen LogP contribution in [-0.2, 0) is 0 Å². The van der Waals surface area contributed by atoms with Crippen LogP contribution in [0.15, 0.2) is 36.2 Å². The highest BCUT2D eigenvalue weighted by Crippen LogP contribution is 2.21. The van der Waals surface area contributed by atoms with Crippen molar-refractivity contribution >= 4 is 11.4 Å². The summed E-state index contributed by atoms with van der Waals surface area (Å²) in [6.07, 6.45) is 2.41. The maximum absolute atomic E-state index is 13.0. The van der Waals surface area contributed by atoms with Crippen LogP contribution in [0.4, 0.5) is 15.8 Å². The van der Waals surface area contributed by atoms with Crippen LogP contribution in [-0.4, -0.2) is 13.1 Å². The molecule has 0 saturated heterocycles. The summed E-state index contributed by atoms with van der Waals surface area (Å²) in [5, 5.41) is 0. The van der Waals surface area contributed by atoms with Crippen molar-refractivity contribution in [2.24, 2.45) is 0 Å². The minimum absolute atomic E-state index is 0.0568. The van der Waals surface area contributed by atoms with E-state index in [0.717, 1.165) is 24.3 Å². The molecule has 0 fully saturated rings. The predicted octanol–water partition coefficient (Wildman–Crippen LogP) is 2.33. The Morgan fingerprint density at radius 2 is 2.21 bits per heavy atom. The Morgan fingerprint density at radius 3 is 2.93 bits per heavy atom. The topological polar surface area (TPSA) is 29.3 Å². The fourth-order valence-corrected chi connectivity index (χ4v) is 1.64. The molecule has 0 spiro atoms. The molecular weight excluding hydrogens is 179 g/mol. The number of nitrogens with two attached hydrogens (primary N) is 1. The molecule has 14 heavy (non-hydrogen) atoms. The fourth-order valence-electron chi connectivity index (χ4n) is 1.64. The first kappa shape index (κ1) is 9.06. The van der Waals surface area contributed by atoms with E-state index in [1.165, 1.54) is 0 Å². The number of benzene rings is 1. The van der Waals surface area contributed by atoms with E-state index in [0.29, 0.717) is 6.54 Å². The Kier molecular flexibility index (Phi) is 2.39. The summed E-state index contributed by atoms with van der Waals surface area (Å²) in [6.45, 7) is 1.22. The van der Waals surface area contributed by atoms with E-state index < -0.39 is 0 Å². The van der Waals surface area contributed by atoms with Crippen molar-refractivity contribution in [1.82, 2.24) is 0 Å². The number of rotatable bonds is 1. The molecule has 0 aliphatic carbocycles. The normalized spacial score (nSPS) is 16.6. The molecule has 0 bridgehead atoms. The van der Waals surface area contributed by atoms with Gasteiger partial charge in [-0.05, 0) is 30.7 Å².